The predicted molar refractivity (Wildman–Crippen MR) is 55.3 cm³/mol. The number of hydrogen-bond donors (Lipinski definition) is 2. The van der Waals surface area contributed by atoms with E-state index in [0.717, 1.165) is 10.5 Å². The first-order chi connectivity index (χ1) is 6.15. The average Bonchev–Trinajstić information content (AvgIpc) is 2.63. The molecule has 1 saturated carbocycles. The van der Waals surface area contributed by atoms with Crippen LogP contribution in [0.2, 0.25) is 0 Å². The second-order valence-corrected chi connectivity index (χ2v) is 4.22. The lowest BCUT2D eigenvalue weighted by Gasteiger charge is -2.03. The molecule has 0 amide bonds. The van der Waals surface area contributed by atoms with Gasteiger partial charge in [-0.25, -0.2) is 4.98 Å². The van der Waals surface area contributed by atoms with Gasteiger partial charge in [-0.2, -0.15) is 4.98 Å². The lowest BCUT2D eigenvalue weighted by atomic mass is 10.5. The number of nitrogens with one attached hydrogen (secondary N) is 1. The van der Waals surface area contributed by atoms with Crippen molar-refractivity contribution < 1.29 is 0 Å². The number of hydrogen-bond acceptors (Lipinski definition) is 4. The molecule has 5 heteroatoms. The Balaban J connectivity index is 2.11. The van der Waals surface area contributed by atoms with Gasteiger partial charge >= 0.3 is 0 Å². The Morgan fingerprint density at radius 1 is 1.62 bits per heavy atom. The summed E-state index contributed by atoms with van der Waals surface area (Å²) in [7, 11) is 0. The van der Waals surface area contributed by atoms with Crippen molar-refractivity contribution in [2.75, 3.05) is 11.1 Å². The molecule has 1 aromatic rings. The van der Waals surface area contributed by atoms with Gasteiger partial charge in [0.25, 0.3) is 0 Å². The maximum atomic E-state index is 5.57. The molecule has 1 aromatic heterocycles. The number of nitrogens with zero attached hydrogens (tertiary/aromatic N) is 2. The Hall–Kier alpha value is -0.840. The lowest BCUT2D eigenvalue weighted by Crippen LogP contribution is -2.08. The average molecular weight is 243 g/mol. The van der Waals surface area contributed by atoms with E-state index in [9.17, 15) is 0 Å². The maximum absolute atomic E-state index is 5.57. The highest BCUT2D eigenvalue weighted by molar-refractivity contribution is 9.10. The van der Waals surface area contributed by atoms with Crippen molar-refractivity contribution in [1.82, 2.24) is 9.97 Å². The van der Waals surface area contributed by atoms with Gasteiger partial charge in [-0.15, -0.1) is 0 Å². The first kappa shape index (κ1) is 8.74. The molecule has 4 nitrogen and oxygen atoms in total. The van der Waals surface area contributed by atoms with Crippen LogP contribution in [0, 0.1) is 5.92 Å². The van der Waals surface area contributed by atoms with E-state index in [4.69, 9.17) is 5.73 Å². The topological polar surface area (TPSA) is 63.8 Å². The molecule has 0 radical (unpaired) electrons. The molecule has 0 spiro atoms. The molecule has 3 N–H and O–H groups in total. The second-order valence-electron chi connectivity index (χ2n) is 3.40. The van der Waals surface area contributed by atoms with Gasteiger partial charge in [0.2, 0.25) is 5.95 Å². The third-order valence-corrected chi connectivity index (χ3v) is 2.54. The molecule has 70 valence electrons. The molecule has 1 heterocycles. The minimum Gasteiger partial charge on any atom is -0.383 e. The first-order valence-electron chi connectivity index (χ1n) is 4.22. The van der Waals surface area contributed by atoms with E-state index in [1.54, 1.807) is 6.07 Å². The van der Waals surface area contributed by atoms with E-state index in [-0.39, 0.29) is 0 Å². The Morgan fingerprint density at radius 2 is 2.31 bits per heavy atom. The van der Waals surface area contributed by atoms with E-state index in [0.29, 0.717) is 17.8 Å². The van der Waals surface area contributed by atoms with Gasteiger partial charge in [0.15, 0.2) is 0 Å². The summed E-state index contributed by atoms with van der Waals surface area (Å²) in [6.45, 7) is 2.19. The first-order valence-corrected chi connectivity index (χ1v) is 5.01. The number of aromatic nitrogens is 2. The highest BCUT2D eigenvalue weighted by atomic mass is 79.9. The number of anilines is 2. The number of rotatable bonds is 2. The van der Waals surface area contributed by atoms with Crippen LogP contribution in [-0.2, 0) is 0 Å². The van der Waals surface area contributed by atoms with Crippen molar-refractivity contribution in [3.63, 3.8) is 0 Å². The third kappa shape index (κ3) is 2.09. The van der Waals surface area contributed by atoms with Crippen molar-refractivity contribution in [3.05, 3.63) is 10.7 Å². The molecule has 2 atom stereocenters. The highest BCUT2D eigenvalue weighted by Crippen LogP contribution is 2.32. The smallest absolute Gasteiger partial charge is 0.225 e. The van der Waals surface area contributed by atoms with Crippen LogP contribution >= 0.6 is 15.9 Å². The molecule has 13 heavy (non-hydrogen) atoms. The molecule has 1 aliphatic carbocycles. The van der Waals surface area contributed by atoms with Gasteiger partial charge in [-0.1, -0.05) is 6.92 Å². The van der Waals surface area contributed by atoms with E-state index in [2.05, 4.69) is 38.1 Å². The van der Waals surface area contributed by atoms with Gasteiger partial charge in [-0.3, -0.25) is 0 Å². The van der Waals surface area contributed by atoms with Crippen LogP contribution in [0.5, 0.6) is 0 Å². The van der Waals surface area contributed by atoms with Gasteiger partial charge in [0.1, 0.15) is 10.4 Å². The summed E-state index contributed by atoms with van der Waals surface area (Å²) in [4.78, 5) is 8.24. The Morgan fingerprint density at radius 3 is 2.85 bits per heavy atom. The van der Waals surface area contributed by atoms with Gasteiger partial charge in [0.05, 0.1) is 0 Å². The SMILES string of the molecule is CC1CC1Nc1nc(N)cc(Br)n1. The summed E-state index contributed by atoms with van der Waals surface area (Å²) in [6.07, 6.45) is 1.19. The van der Waals surface area contributed by atoms with Gasteiger partial charge in [-0.05, 0) is 28.3 Å². The molecular weight excluding hydrogens is 232 g/mol. The number of halogens is 1. The molecule has 1 aliphatic rings. The highest BCUT2D eigenvalue weighted by Gasteiger charge is 2.33. The van der Waals surface area contributed by atoms with Crippen molar-refractivity contribution in [3.8, 4) is 0 Å². The predicted octanol–water partition coefficient (Wildman–Crippen LogP) is 1.64. The van der Waals surface area contributed by atoms with Crippen LogP contribution in [0.25, 0.3) is 0 Å². The molecular formula is C8H11BrN4. The number of nitrogens with two attached hydrogens (primary N) is 1. The standard InChI is InChI=1S/C8H11BrN4/c1-4-2-5(4)11-8-12-6(9)3-7(10)13-8/h3-5H,2H2,1H3,(H3,10,11,12,13). The van der Waals surface area contributed by atoms with E-state index >= 15 is 0 Å². The van der Waals surface area contributed by atoms with E-state index in [1.807, 2.05) is 0 Å². The van der Waals surface area contributed by atoms with Crippen molar-refractivity contribution in [1.29, 1.82) is 0 Å². The summed E-state index contributed by atoms with van der Waals surface area (Å²) in [5.41, 5.74) is 5.57. The van der Waals surface area contributed by atoms with E-state index in [1.165, 1.54) is 6.42 Å². The lowest BCUT2D eigenvalue weighted by molar-refractivity contribution is 0.913. The van der Waals surface area contributed by atoms with E-state index < -0.39 is 0 Å². The summed E-state index contributed by atoms with van der Waals surface area (Å²) in [6, 6.07) is 2.20. The largest absolute Gasteiger partial charge is 0.383 e. The van der Waals surface area contributed by atoms with Crippen LogP contribution in [0.1, 0.15) is 13.3 Å². The van der Waals surface area contributed by atoms with Crippen LogP contribution in [0.4, 0.5) is 11.8 Å². The third-order valence-electron chi connectivity index (χ3n) is 2.14. The maximum Gasteiger partial charge on any atom is 0.225 e. The fourth-order valence-corrected chi connectivity index (χ4v) is 1.59. The molecule has 1 fully saturated rings. The Labute approximate surface area is 85.1 Å². The molecule has 2 unspecified atom stereocenters. The van der Waals surface area contributed by atoms with Crippen LogP contribution in [0.15, 0.2) is 10.7 Å². The number of nitrogen functional groups attached to an aromatic ring is 1. The van der Waals surface area contributed by atoms with Gasteiger partial charge in [0, 0.05) is 12.1 Å². The summed E-state index contributed by atoms with van der Waals surface area (Å²) in [5, 5.41) is 3.22. The zero-order valence-corrected chi connectivity index (χ0v) is 8.87. The molecule has 2 rings (SSSR count). The van der Waals surface area contributed by atoms with Crippen LogP contribution in [0.3, 0.4) is 0 Å². The molecule has 0 bridgehead atoms. The molecule has 0 aliphatic heterocycles. The zero-order chi connectivity index (χ0) is 9.42. The Kier molecular flexibility index (Phi) is 2.11. The summed E-state index contributed by atoms with van der Waals surface area (Å²) in [5.74, 6) is 1.82. The Bertz CT molecular complexity index is 308. The van der Waals surface area contributed by atoms with Crippen molar-refractivity contribution in [2.24, 2.45) is 5.92 Å². The molecule has 0 aromatic carbocycles. The molecule has 0 saturated heterocycles. The fraction of sp³-hybridized carbons (Fsp3) is 0.500. The monoisotopic (exact) mass is 242 g/mol. The quantitative estimate of drug-likeness (QED) is 0.775. The van der Waals surface area contributed by atoms with Crippen molar-refractivity contribution >= 4 is 27.7 Å². The normalized spacial score (nSPS) is 25.7. The zero-order valence-electron chi connectivity index (χ0n) is 7.29. The minimum atomic E-state index is 0.484. The summed E-state index contributed by atoms with van der Waals surface area (Å²) < 4.78 is 0.718. The summed E-state index contributed by atoms with van der Waals surface area (Å²) >= 11 is 3.27. The fourth-order valence-electron chi connectivity index (χ4n) is 1.19. The van der Waals surface area contributed by atoms with Gasteiger partial charge < -0.3 is 11.1 Å². The van der Waals surface area contributed by atoms with Crippen molar-refractivity contribution in [2.45, 2.75) is 19.4 Å². The van der Waals surface area contributed by atoms with Crippen LogP contribution < -0.4 is 11.1 Å². The second kappa shape index (κ2) is 3.14. The van der Waals surface area contributed by atoms with Crippen LogP contribution in [-0.4, -0.2) is 16.0 Å². The minimum absolute atomic E-state index is 0.484.